The lowest BCUT2D eigenvalue weighted by Crippen LogP contribution is -2.20. The lowest BCUT2D eigenvalue weighted by Gasteiger charge is -2.33. The molecule has 1 aromatic heterocycles. The van der Waals surface area contributed by atoms with Crippen LogP contribution in [-0.2, 0) is 37.9 Å². The van der Waals surface area contributed by atoms with Gasteiger partial charge in [0.15, 0.2) is 0 Å². The van der Waals surface area contributed by atoms with E-state index in [0.29, 0.717) is 0 Å². The number of hydrogen-bond acceptors (Lipinski definition) is 1. The van der Waals surface area contributed by atoms with E-state index in [0.717, 1.165) is 5.69 Å². The molecule has 0 aliphatic rings. The summed E-state index contributed by atoms with van der Waals surface area (Å²) in [6, 6.07) is 55.6. The average Bonchev–Trinajstić information content (AvgIpc) is 3.72. The Balaban J connectivity index is 1.30. The Morgan fingerprint density at radius 3 is 1.05 bits per heavy atom. The number of benzene rings is 9. The van der Waals surface area contributed by atoms with Gasteiger partial charge in [0.2, 0.25) is 0 Å². The summed E-state index contributed by atoms with van der Waals surface area (Å²) in [7, 11) is 0. The summed E-state index contributed by atoms with van der Waals surface area (Å²) < 4.78 is 2.55. The van der Waals surface area contributed by atoms with Crippen molar-refractivity contribution in [3.05, 3.63) is 178 Å². The number of rotatable bonds is 5. The molecule has 0 radical (unpaired) electrons. The molecule has 392 valence electrons. The molecular formula is C74H86N2. The van der Waals surface area contributed by atoms with Crippen LogP contribution in [0.5, 0.6) is 0 Å². The van der Waals surface area contributed by atoms with Crippen LogP contribution in [0.3, 0.4) is 0 Å². The molecule has 0 aliphatic carbocycles. The van der Waals surface area contributed by atoms with Crippen LogP contribution in [-0.4, -0.2) is 4.57 Å². The van der Waals surface area contributed by atoms with Crippen LogP contribution in [0.4, 0.5) is 17.1 Å². The molecule has 0 N–H and O–H groups in total. The second kappa shape index (κ2) is 17.6. The van der Waals surface area contributed by atoms with E-state index >= 15 is 0 Å². The van der Waals surface area contributed by atoms with Crippen molar-refractivity contribution in [1.29, 1.82) is 0 Å². The molecule has 10 aromatic rings. The number of nitrogens with zero attached hydrogens (tertiary/aromatic N) is 2. The molecule has 9 aromatic carbocycles. The minimum absolute atomic E-state index is 0.0159. The highest BCUT2D eigenvalue weighted by Crippen LogP contribution is 2.49. The van der Waals surface area contributed by atoms with Crippen molar-refractivity contribution in [3.8, 4) is 16.8 Å². The van der Waals surface area contributed by atoms with E-state index in [1.807, 2.05) is 0 Å². The quantitative estimate of drug-likeness (QED) is 0.156. The molecule has 0 atom stereocenters. The van der Waals surface area contributed by atoms with E-state index < -0.39 is 0 Å². The average molecular weight is 1000 g/mol. The number of anilines is 3. The van der Waals surface area contributed by atoms with E-state index in [1.54, 1.807) is 0 Å². The normalized spacial score (nSPS) is 13.6. The van der Waals surface area contributed by atoms with Gasteiger partial charge in [0, 0.05) is 32.9 Å². The number of hydrogen-bond donors (Lipinski definition) is 0. The lowest BCUT2D eigenvalue weighted by atomic mass is 9.78. The molecule has 0 amide bonds. The molecule has 2 heteroatoms. The lowest BCUT2D eigenvalue weighted by molar-refractivity contribution is 0.568. The minimum Gasteiger partial charge on any atom is -0.310 e. The fourth-order valence-corrected chi connectivity index (χ4v) is 11.4. The molecule has 0 spiro atoms. The van der Waals surface area contributed by atoms with Crippen LogP contribution in [0.25, 0.3) is 70.9 Å². The first kappa shape index (κ1) is 53.0. The van der Waals surface area contributed by atoms with Gasteiger partial charge in [-0.3, -0.25) is 0 Å². The van der Waals surface area contributed by atoms with Crippen molar-refractivity contribution < 1.29 is 0 Å². The van der Waals surface area contributed by atoms with Gasteiger partial charge in [-0.2, -0.15) is 0 Å². The van der Waals surface area contributed by atoms with E-state index in [9.17, 15) is 0 Å². The van der Waals surface area contributed by atoms with E-state index in [-0.39, 0.29) is 37.9 Å². The fourth-order valence-electron chi connectivity index (χ4n) is 11.4. The Morgan fingerprint density at radius 2 is 0.618 bits per heavy atom. The number of aromatic nitrogens is 1. The minimum atomic E-state index is -0.122. The Hall–Kier alpha value is -6.38. The zero-order valence-corrected chi connectivity index (χ0v) is 50.2. The van der Waals surface area contributed by atoms with Crippen molar-refractivity contribution in [2.75, 3.05) is 4.90 Å². The van der Waals surface area contributed by atoms with Crippen LogP contribution >= 0.6 is 0 Å². The zero-order chi connectivity index (χ0) is 55.2. The molecule has 0 saturated carbocycles. The first-order valence-electron chi connectivity index (χ1n) is 28.2. The molecule has 0 aliphatic heterocycles. The molecule has 0 saturated heterocycles. The van der Waals surface area contributed by atoms with E-state index in [2.05, 4.69) is 294 Å². The maximum Gasteiger partial charge on any atom is 0.0541 e. The van der Waals surface area contributed by atoms with Gasteiger partial charge in [-0.15, -0.1) is 0 Å². The van der Waals surface area contributed by atoms with Crippen LogP contribution in [0.15, 0.2) is 140 Å². The molecule has 0 unspecified atom stereocenters. The Kier molecular flexibility index (Phi) is 12.3. The van der Waals surface area contributed by atoms with Crippen molar-refractivity contribution in [2.24, 2.45) is 0 Å². The SMILES string of the molecule is CC(C)(C)c1cc(-c2cc(C(C)(C)C)cc(C(C)(C)C)c2)cc(N(c2cc(C(C)(C)C)cc(C(C)(C)C)c2)c2ccc3ccc4c(-n5c6ccc(C(C)(C)C)cc6c6cc(C(C)(C)C)ccc65)ccc5ccc2c3c54)c1. The van der Waals surface area contributed by atoms with Gasteiger partial charge in [0.1, 0.15) is 0 Å². The maximum absolute atomic E-state index is 2.61. The van der Waals surface area contributed by atoms with Gasteiger partial charge in [0.05, 0.1) is 22.4 Å². The standard InChI is InChI=1S/C74H86N2/c1-68(2,3)49-26-32-64-60(43-49)61-44-50(69(4,5)6)27-33-65(61)76(64)63-31-25-46-22-28-58-62(30-24-45-23-29-59(63)67(46)66(45)58)75(57-41-54(73(16,17)18)39-55(42-57)74(19,20)21)56-37-48(36-53(40-56)72(13,14)15)47-34-51(70(7,8)9)38-52(35-47)71(10,11)12/h22-44H,1-21H3. The summed E-state index contributed by atoms with van der Waals surface area (Å²) in [5.41, 5.74) is 18.8. The maximum atomic E-state index is 2.61. The van der Waals surface area contributed by atoms with Crippen molar-refractivity contribution >= 4 is 71.2 Å². The van der Waals surface area contributed by atoms with Gasteiger partial charge < -0.3 is 9.47 Å². The summed E-state index contributed by atoms with van der Waals surface area (Å²) in [5, 5.41) is 10.2. The summed E-state index contributed by atoms with van der Waals surface area (Å²) in [6.45, 7) is 49.2. The Bertz CT molecular complexity index is 3760. The summed E-state index contributed by atoms with van der Waals surface area (Å²) >= 11 is 0. The highest BCUT2D eigenvalue weighted by molar-refractivity contribution is 6.27. The molecular weight excluding hydrogens is 917 g/mol. The van der Waals surface area contributed by atoms with E-state index in [4.69, 9.17) is 0 Å². The van der Waals surface area contributed by atoms with Crippen molar-refractivity contribution in [2.45, 2.75) is 183 Å². The zero-order valence-electron chi connectivity index (χ0n) is 50.2. The third kappa shape index (κ3) is 9.51. The third-order valence-corrected chi connectivity index (χ3v) is 16.5. The predicted molar refractivity (Wildman–Crippen MR) is 336 cm³/mol. The largest absolute Gasteiger partial charge is 0.310 e. The first-order chi connectivity index (χ1) is 35.1. The monoisotopic (exact) mass is 1000 g/mol. The van der Waals surface area contributed by atoms with Gasteiger partial charge in [0.25, 0.3) is 0 Å². The highest BCUT2D eigenvalue weighted by atomic mass is 15.1. The second-order valence-electron chi connectivity index (χ2n) is 29.8. The second-order valence-corrected chi connectivity index (χ2v) is 29.8. The summed E-state index contributed by atoms with van der Waals surface area (Å²) in [6.07, 6.45) is 0. The predicted octanol–water partition coefficient (Wildman–Crippen LogP) is 21.9. The molecule has 0 fully saturated rings. The Morgan fingerprint density at radius 1 is 0.276 bits per heavy atom. The molecule has 1 heterocycles. The third-order valence-electron chi connectivity index (χ3n) is 16.5. The van der Waals surface area contributed by atoms with Crippen LogP contribution in [0.1, 0.15) is 184 Å². The molecule has 10 rings (SSSR count). The molecule has 2 nitrogen and oxygen atoms in total. The van der Waals surface area contributed by atoms with Gasteiger partial charge >= 0.3 is 0 Å². The molecule has 76 heavy (non-hydrogen) atoms. The van der Waals surface area contributed by atoms with Gasteiger partial charge in [-0.1, -0.05) is 224 Å². The first-order valence-corrected chi connectivity index (χ1v) is 28.2. The Labute approximate surface area is 456 Å². The van der Waals surface area contributed by atoms with Crippen molar-refractivity contribution in [3.63, 3.8) is 0 Å². The van der Waals surface area contributed by atoms with Crippen LogP contribution < -0.4 is 4.90 Å². The smallest absolute Gasteiger partial charge is 0.0541 e. The van der Waals surface area contributed by atoms with Crippen molar-refractivity contribution in [1.82, 2.24) is 4.57 Å². The summed E-state index contributed by atoms with van der Waals surface area (Å²) in [5.74, 6) is 0. The van der Waals surface area contributed by atoms with Crippen LogP contribution in [0, 0.1) is 0 Å². The topological polar surface area (TPSA) is 8.17 Å². The molecule has 0 bridgehead atoms. The van der Waals surface area contributed by atoms with Gasteiger partial charge in [-0.05, 0) is 170 Å². The van der Waals surface area contributed by atoms with E-state index in [1.165, 1.54) is 121 Å². The highest BCUT2D eigenvalue weighted by Gasteiger charge is 2.29. The van der Waals surface area contributed by atoms with Gasteiger partial charge in [-0.25, -0.2) is 0 Å². The number of fused-ring (bicyclic) bond motifs is 3. The van der Waals surface area contributed by atoms with Crippen LogP contribution in [0.2, 0.25) is 0 Å². The summed E-state index contributed by atoms with van der Waals surface area (Å²) in [4.78, 5) is 2.61. The fraction of sp³-hybridized carbons (Fsp3) is 0.378.